The molecule has 0 aliphatic carbocycles. The van der Waals surface area contributed by atoms with E-state index in [0.717, 1.165) is 30.4 Å². The quantitative estimate of drug-likeness (QED) is 0.605. The molecular formula is C17H23NO. The molecule has 0 unspecified atom stereocenters. The molecule has 0 N–H and O–H groups in total. The van der Waals surface area contributed by atoms with Gasteiger partial charge in [0.05, 0.1) is 0 Å². The number of nitrogens with zero attached hydrogens (tertiary/aromatic N) is 1. The first-order chi connectivity index (χ1) is 9.04. The molecule has 1 aliphatic heterocycles. The molecule has 0 radical (unpaired) electrons. The third-order valence-electron chi connectivity index (χ3n) is 4.06. The number of aldehydes is 1. The van der Waals surface area contributed by atoms with Gasteiger partial charge < -0.3 is 4.90 Å². The normalized spacial score (nSPS) is 16.2. The van der Waals surface area contributed by atoms with Crippen molar-refractivity contribution in [3.05, 3.63) is 34.9 Å². The Kier molecular flexibility index (Phi) is 4.08. The fourth-order valence-corrected chi connectivity index (χ4v) is 2.71. The lowest BCUT2D eigenvalue weighted by Crippen LogP contribution is -2.35. The molecule has 2 nitrogen and oxygen atoms in total. The van der Waals surface area contributed by atoms with Crippen molar-refractivity contribution in [1.29, 1.82) is 0 Å². The van der Waals surface area contributed by atoms with Crippen LogP contribution in [0, 0.1) is 0 Å². The number of rotatable bonds is 3. The highest BCUT2D eigenvalue weighted by Gasteiger charge is 2.19. The summed E-state index contributed by atoms with van der Waals surface area (Å²) in [6, 6.07) is 7.15. The highest BCUT2D eigenvalue weighted by atomic mass is 16.1. The van der Waals surface area contributed by atoms with Gasteiger partial charge in [-0.1, -0.05) is 6.07 Å². The number of hydrogen-bond acceptors (Lipinski definition) is 2. The Bertz CT molecular complexity index is 514. The minimum atomic E-state index is 0.540. The number of carbonyl (C=O) groups is 1. The SMILES string of the molecule is C/C(C=O)=C(\C)c1ccc2c(c1)CCCN2C(C)C. The summed E-state index contributed by atoms with van der Waals surface area (Å²) in [5.74, 6) is 0. The van der Waals surface area contributed by atoms with E-state index in [9.17, 15) is 4.79 Å². The molecule has 0 bridgehead atoms. The van der Waals surface area contributed by atoms with E-state index >= 15 is 0 Å². The van der Waals surface area contributed by atoms with Gasteiger partial charge in [0.25, 0.3) is 0 Å². The Morgan fingerprint density at radius 2 is 2.05 bits per heavy atom. The Morgan fingerprint density at radius 3 is 2.68 bits per heavy atom. The molecule has 1 aliphatic rings. The first-order valence-corrected chi connectivity index (χ1v) is 7.07. The van der Waals surface area contributed by atoms with Crippen molar-refractivity contribution in [2.75, 3.05) is 11.4 Å². The highest BCUT2D eigenvalue weighted by molar-refractivity contribution is 5.87. The van der Waals surface area contributed by atoms with Crippen molar-refractivity contribution in [2.24, 2.45) is 0 Å². The number of aryl methyl sites for hydroxylation is 1. The van der Waals surface area contributed by atoms with Gasteiger partial charge in [-0.2, -0.15) is 0 Å². The first-order valence-electron chi connectivity index (χ1n) is 7.07. The standard InChI is InChI=1S/C17H23NO/c1-12(2)18-9-5-6-16-10-15(7-8-17(16)18)14(4)13(3)11-19/h7-8,10-12H,5-6,9H2,1-4H3/b14-13-. The van der Waals surface area contributed by atoms with E-state index in [2.05, 4.69) is 36.9 Å². The van der Waals surface area contributed by atoms with E-state index in [-0.39, 0.29) is 0 Å². The van der Waals surface area contributed by atoms with Crippen LogP contribution in [0.15, 0.2) is 23.8 Å². The summed E-state index contributed by atoms with van der Waals surface area (Å²) in [4.78, 5) is 13.4. The zero-order chi connectivity index (χ0) is 14.0. The molecule has 1 aromatic carbocycles. The molecular weight excluding hydrogens is 234 g/mol. The van der Waals surface area contributed by atoms with Gasteiger partial charge in [0.15, 0.2) is 0 Å². The minimum Gasteiger partial charge on any atom is -0.369 e. The molecule has 0 aromatic heterocycles. The van der Waals surface area contributed by atoms with Crippen LogP contribution < -0.4 is 4.90 Å². The summed E-state index contributed by atoms with van der Waals surface area (Å²) in [7, 11) is 0. The number of fused-ring (bicyclic) bond motifs is 1. The van der Waals surface area contributed by atoms with Gasteiger partial charge in [0.1, 0.15) is 6.29 Å². The maximum absolute atomic E-state index is 10.9. The lowest BCUT2D eigenvalue weighted by atomic mass is 9.94. The maximum Gasteiger partial charge on any atom is 0.146 e. The molecule has 0 fully saturated rings. The zero-order valence-corrected chi connectivity index (χ0v) is 12.4. The van der Waals surface area contributed by atoms with Gasteiger partial charge >= 0.3 is 0 Å². The first kappa shape index (κ1) is 13.9. The second-order valence-electron chi connectivity index (χ2n) is 5.66. The fourth-order valence-electron chi connectivity index (χ4n) is 2.71. The van der Waals surface area contributed by atoms with Gasteiger partial charge in [-0.25, -0.2) is 0 Å². The van der Waals surface area contributed by atoms with Gasteiger partial charge in [0.2, 0.25) is 0 Å². The average molecular weight is 257 g/mol. The molecule has 1 heterocycles. The topological polar surface area (TPSA) is 20.3 Å². The zero-order valence-electron chi connectivity index (χ0n) is 12.4. The van der Waals surface area contributed by atoms with Gasteiger partial charge in [0, 0.05) is 18.3 Å². The minimum absolute atomic E-state index is 0.540. The summed E-state index contributed by atoms with van der Waals surface area (Å²) in [5, 5.41) is 0. The molecule has 0 amide bonds. The van der Waals surface area contributed by atoms with Crippen molar-refractivity contribution in [1.82, 2.24) is 0 Å². The second-order valence-corrected chi connectivity index (χ2v) is 5.66. The van der Waals surface area contributed by atoms with E-state index in [1.165, 1.54) is 23.2 Å². The van der Waals surface area contributed by atoms with E-state index in [4.69, 9.17) is 0 Å². The Labute approximate surface area is 116 Å². The second kappa shape index (κ2) is 5.60. The van der Waals surface area contributed by atoms with Crippen LogP contribution in [0.4, 0.5) is 5.69 Å². The van der Waals surface area contributed by atoms with Gasteiger partial charge in [-0.05, 0) is 74.9 Å². The number of allylic oxidation sites excluding steroid dienone is 2. The molecule has 19 heavy (non-hydrogen) atoms. The van der Waals surface area contributed by atoms with E-state index in [1.807, 2.05) is 13.8 Å². The lowest BCUT2D eigenvalue weighted by molar-refractivity contribution is -0.104. The van der Waals surface area contributed by atoms with Crippen LogP contribution in [0.5, 0.6) is 0 Å². The third-order valence-corrected chi connectivity index (χ3v) is 4.06. The van der Waals surface area contributed by atoms with Crippen molar-refractivity contribution in [2.45, 2.75) is 46.6 Å². The van der Waals surface area contributed by atoms with Gasteiger partial charge in [-0.3, -0.25) is 4.79 Å². The summed E-state index contributed by atoms with van der Waals surface area (Å²) >= 11 is 0. The molecule has 0 spiro atoms. The molecule has 0 saturated carbocycles. The molecule has 102 valence electrons. The van der Waals surface area contributed by atoms with E-state index in [0.29, 0.717) is 6.04 Å². The van der Waals surface area contributed by atoms with Crippen LogP contribution in [0.2, 0.25) is 0 Å². The highest BCUT2D eigenvalue weighted by Crippen LogP contribution is 2.31. The van der Waals surface area contributed by atoms with E-state index in [1.54, 1.807) is 0 Å². The number of anilines is 1. The average Bonchev–Trinajstić information content (AvgIpc) is 2.44. The Hall–Kier alpha value is -1.57. The monoisotopic (exact) mass is 257 g/mol. The Balaban J connectivity index is 2.42. The molecule has 2 heteroatoms. The van der Waals surface area contributed by atoms with Crippen molar-refractivity contribution < 1.29 is 4.79 Å². The largest absolute Gasteiger partial charge is 0.369 e. The number of hydrogen-bond donors (Lipinski definition) is 0. The third kappa shape index (κ3) is 2.73. The summed E-state index contributed by atoms with van der Waals surface area (Å²) < 4.78 is 0. The predicted octanol–water partition coefficient (Wildman–Crippen LogP) is 3.84. The van der Waals surface area contributed by atoms with Crippen LogP contribution in [0.3, 0.4) is 0 Å². The molecule has 0 atom stereocenters. The predicted molar refractivity (Wildman–Crippen MR) is 81.6 cm³/mol. The fraction of sp³-hybridized carbons (Fsp3) is 0.471. The lowest BCUT2D eigenvalue weighted by Gasteiger charge is -2.35. The summed E-state index contributed by atoms with van der Waals surface area (Å²) in [6.45, 7) is 9.53. The van der Waals surface area contributed by atoms with Crippen molar-refractivity contribution in [3.63, 3.8) is 0 Å². The number of carbonyl (C=O) groups excluding carboxylic acids is 1. The maximum atomic E-state index is 10.9. The van der Waals surface area contributed by atoms with Crippen LogP contribution >= 0.6 is 0 Å². The molecule has 2 rings (SSSR count). The van der Waals surface area contributed by atoms with Gasteiger partial charge in [-0.15, -0.1) is 0 Å². The number of benzene rings is 1. The van der Waals surface area contributed by atoms with Crippen molar-refractivity contribution >= 4 is 17.5 Å². The van der Waals surface area contributed by atoms with E-state index < -0.39 is 0 Å². The summed E-state index contributed by atoms with van der Waals surface area (Å²) in [5.41, 5.74) is 5.85. The van der Waals surface area contributed by atoms with Crippen LogP contribution in [0.1, 0.15) is 45.2 Å². The molecule has 0 saturated heterocycles. The van der Waals surface area contributed by atoms with Crippen molar-refractivity contribution in [3.8, 4) is 0 Å². The smallest absolute Gasteiger partial charge is 0.146 e. The van der Waals surface area contributed by atoms with Crippen LogP contribution in [-0.4, -0.2) is 18.9 Å². The van der Waals surface area contributed by atoms with Crippen LogP contribution in [0.25, 0.3) is 5.57 Å². The summed E-state index contributed by atoms with van der Waals surface area (Å²) in [6.07, 6.45) is 3.29. The van der Waals surface area contributed by atoms with Crippen LogP contribution in [-0.2, 0) is 11.2 Å². The molecule has 1 aromatic rings. The Morgan fingerprint density at radius 1 is 1.32 bits per heavy atom.